The summed E-state index contributed by atoms with van der Waals surface area (Å²) in [6, 6.07) is 8.36. The maximum Gasteiger partial charge on any atom is 0.325 e. The van der Waals surface area contributed by atoms with Crippen molar-refractivity contribution in [1.82, 2.24) is 10.5 Å². The van der Waals surface area contributed by atoms with E-state index in [1.807, 2.05) is 0 Å². The van der Waals surface area contributed by atoms with E-state index in [-0.39, 0.29) is 19.1 Å². The predicted octanol–water partition coefficient (Wildman–Crippen LogP) is 1.58. The number of rotatable bonds is 6. The number of nitrogens with zero attached hydrogens (tertiary/aromatic N) is 2. The Labute approximate surface area is 150 Å². The maximum absolute atomic E-state index is 12.1. The second kappa shape index (κ2) is 7.81. The van der Waals surface area contributed by atoms with E-state index in [9.17, 15) is 14.4 Å². The zero-order chi connectivity index (χ0) is 18.5. The summed E-state index contributed by atoms with van der Waals surface area (Å²) in [4.78, 5) is 37.2. The van der Waals surface area contributed by atoms with Gasteiger partial charge in [-0.25, -0.2) is 0 Å². The van der Waals surface area contributed by atoms with Gasteiger partial charge in [0.15, 0.2) is 12.4 Å². The van der Waals surface area contributed by atoms with Crippen molar-refractivity contribution in [1.29, 1.82) is 0 Å². The minimum absolute atomic E-state index is 0.0336. The highest BCUT2D eigenvalue weighted by Gasteiger charge is 2.21. The molecule has 136 valence electrons. The van der Waals surface area contributed by atoms with Crippen LogP contribution in [0.25, 0.3) is 0 Å². The van der Waals surface area contributed by atoms with Gasteiger partial charge >= 0.3 is 5.97 Å². The van der Waals surface area contributed by atoms with Gasteiger partial charge in [-0.3, -0.25) is 14.4 Å². The Morgan fingerprint density at radius 1 is 1.31 bits per heavy atom. The second-order valence-corrected chi connectivity index (χ2v) is 5.97. The maximum atomic E-state index is 12.1. The molecule has 0 saturated carbocycles. The van der Waals surface area contributed by atoms with Crippen molar-refractivity contribution in [2.45, 2.75) is 26.4 Å². The van der Waals surface area contributed by atoms with Gasteiger partial charge in [0, 0.05) is 30.3 Å². The van der Waals surface area contributed by atoms with E-state index in [1.165, 1.54) is 0 Å². The Morgan fingerprint density at radius 3 is 2.69 bits per heavy atom. The standard InChI is InChI=1S/C18H19N3O5/c1-12-9-15(26-20-12)11-25-17(23)10-19-18(24)13-4-6-14(7-5-13)21-8-2-3-16(21)22/h4-7,9H,2-3,8,10-11H2,1H3,(H,19,24). The van der Waals surface area contributed by atoms with Crippen molar-refractivity contribution in [3.8, 4) is 0 Å². The molecule has 2 amide bonds. The number of hydrogen-bond acceptors (Lipinski definition) is 6. The van der Waals surface area contributed by atoms with Crippen molar-refractivity contribution in [2.75, 3.05) is 18.0 Å². The van der Waals surface area contributed by atoms with Gasteiger partial charge in [0.2, 0.25) is 5.91 Å². The lowest BCUT2D eigenvalue weighted by molar-refractivity contribution is -0.144. The summed E-state index contributed by atoms with van der Waals surface area (Å²) in [6.45, 7) is 2.17. The van der Waals surface area contributed by atoms with Gasteiger partial charge in [-0.2, -0.15) is 0 Å². The molecule has 1 aromatic carbocycles. The predicted molar refractivity (Wildman–Crippen MR) is 91.4 cm³/mol. The van der Waals surface area contributed by atoms with E-state index < -0.39 is 11.9 Å². The summed E-state index contributed by atoms with van der Waals surface area (Å²) >= 11 is 0. The summed E-state index contributed by atoms with van der Waals surface area (Å²) in [6.07, 6.45) is 1.40. The summed E-state index contributed by atoms with van der Waals surface area (Å²) in [5, 5.41) is 6.19. The summed E-state index contributed by atoms with van der Waals surface area (Å²) in [7, 11) is 0. The van der Waals surface area contributed by atoms with Crippen LogP contribution in [0.15, 0.2) is 34.9 Å². The molecule has 0 aliphatic carbocycles. The molecular formula is C18H19N3O5. The average molecular weight is 357 g/mol. The molecule has 0 atom stereocenters. The van der Waals surface area contributed by atoms with Gasteiger partial charge in [-0.05, 0) is 37.6 Å². The Bertz CT molecular complexity index is 812. The number of aromatic nitrogens is 1. The monoisotopic (exact) mass is 357 g/mol. The summed E-state index contributed by atoms with van der Waals surface area (Å²) in [5.74, 6) is -0.440. The molecule has 1 aromatic heterocycles. The van der Waals surface area contributed by atoms with Gasteiger partial charge in [0.1, 0.15) is 6.54 Å². The van der Waals surface area contributed by atoms with Crippen molar-refractivity contribution >= 4 is 23.5 Å². The lowest BCUT2D eigenvalue weighted by Gasteiger charge is -2.15. The number of benzene rings is 1. The van der Waals surface area contributed by atoms with Crippen molar-refractivity contribution in [2.24, 2.45) is 0 Å². The van der Waals surface area contributed by atoms with Crippen molar-refractivity contribution < 1.29 is 23.6 Å². The highest BCUT2D eigenvalue weighted by molar-refractivity contribution is 5.98. The molecule has 1 aliphatic heterocycles. The molecule has 1 fully saturated rings. The molecule has 0 bridgehead atoms. The van der Waals surface area contributed by atoms with Crippen molar-refractivity contribution in [3.63, 3.8) is 0 Å². The van der Waals surface area contributed by atoms with Gasteiger partial charge in [0.25, 0.3) is 5.91 Å². The molecular weight excluding hydrogens is 338 g/mol. The number of amides is 2. The van der Waals surface area contributed by atoms with E-state index in [4.69, 9.17) is 9.26 Å². The molecule has 2 aromatic rings. The largest absolute Gasteiger partial charge is 0.456 e. The van der Waals surface area contributed by atoms with Crippen LogP contribution in [-0.2, 0) is 20.9 Å². The lowest BCUT2D eigenvalue weighted by atomic mass is 10.2. The summed E-state index contributed by atoms with van der Waals surface area (Å²) in [5.41, 5.74) is 1.87. The van der Waals surface area contributed by atoms with Crippen LogP contribution < -0.4 is 10.2 Å². The number of hydrogen-bond donors (Lipinski definition) is 1. The van der Waals surface area contributed by atoms with Gasteiger partial charge in [0.05, 0.1) is 5.69 Å². The number of ether oxygens (including phenoxy) is 1. The molecule has 1 aliphatic rings. The Hall–Kier alpha value is -3.16. The van der Waals surface area contributed by atoms with Crippen LogP contribution >= 0.6 is 0 Å². The molecule has 0 unspecified atom stereocenters. The summed E-state index contributed by atoms with van der Waals surface area (Å²) < 4.78 is 9.92. The first kappa shape index (κ1) is 17.7. The third-order valence-corrected chi connectivity index (χ3v) is 3.96. The van der Waals surface area contributed by atoms with Crippen LogP contribution in [-0.4, -0.2) is 36.0 Å². The Balaban J connectivity index is 1.46. The second-order valence-electron chi connectivity index (χ2n) is 5.97. The van der Waals surface area contributed by atoms with E-state index in [1.54, 1.807) is 42.2 Å². The number of carbonyl (C=O) groups excluding carboxylic acids is 3. The van der Waals surface area contributed by atoms with Crippen LogP contribution in [0.4, 0.5) is 5.69 Å². The highest BCUT2D eigenvalue weighted by Crippen LogP contribution is 2.21. The zero-order valence-corrected chi connectivity index (χ0v) is 14.4. The van der Waals surface area contributed by atoms with Crippen LogP contribution in [0.2, 0.25) is 0 Å². The lowest BCUT2D eigenvalue weighted by Crippen LogP contribution is -2.30. The van der Waals surface area contributed by atoms with Crippen molar-refractivity contribution in [3.05, 3.63) is 47.3 Å². The van der Waals surface area contributed by atoms with Crippen LogP contribution in [0.5, 0.6) is 0 Å². The first-order valence-corrected chi connectivity index (χ1v) is 8.29. The Morgan fingerprint density at radius 2 is 2.08 bits per heavy atom. The fourth-order valence-corrected chi connectivity index (χ4v) is 2.66. The van der Waals surface area contributed by atoms with Crippen LogP contribution in [0.3, 0.4) is 0 Å². The number of esters is 1. The minimum atomic E-state index is -0.577. The highest BCUT2D eigenvalue weighted by atomic mass is 16.5. The smallest absolute Gasteiger partial charge is 0.325 e. The Kier molecular flexibility index (Phi) is 5.31. The first-order valence-electron chi connectivity index (χ1n) is 8.29. The number of aryl methyl sites for hydroxylation is 1. The third-order valence-electron chi connectivity index (χ3n) is 3.96. The molecule has 8 heteroatoms. The minimum Gasteiger partial charge on any atom is -0.456 e. The van der Waals surface area contributed by atoms with E-state index in [2.05, 4.69) is 10.5 Å². The molecule has 0 spiro atoms. The topological polar surface area (TPSA) is 102 Å². The molecule has 0 radical (unpaired) electrons. The third kappa shape index (κ3) is 4.27. The fraction of sp³-hybridized carbons (Fsp3) is 0.333. The van der Waals surface area contributed by atoms with Crippen LogP contribution in [0.1, 0.15) is 34.7 Å². The quantitative estimate of drug-likeness (QED) is 0.788. The molecule has 1 saturated heterocycles. The average Bonchev–Trinajstić information content (AvgIpc) is 3.26. The molecule has 1 N–H and O–H groups in total. The molecule has 2 heterocycles. The molecule has 8 nitrogen and oxygen atoms in total. The molecule has 26 heavy (non-hydrogen) atoms. The fourth-order valence-electron chi connectivity index (χ4n) is 2.66. The number of anilines is 1. The van der Waals surface area contributed by atoms with Crippen LogP contribution in [0, 0.1) is 6.92 Å². The SMILES string of the molecule is Cc1cc(COC(=O)CNC(=O)c2ccc(N3CCCC3=O)cc2)on1. The normalized spacial score (nSPS) is 13.7. The van der Waals surface area contributed by atoms with Gasteiger partial charge in [-0.15, -0.1) is 0 Å². The first-order chi connectivity index (χ1) is 12.5. The van der Waals surface area contributed by atoms with E-state index in [0.29, 0.717) is 30.0 Å². The zero-order valence-electron chi connectivity index (χ0n) is 14.4. The number of nitrogens with one attached hydrogen (secondary N) is 1. The van der Waals surface area contributed by atoms with E-state index >= 15 is 0 Å². The number of carbonyl (C=O) groups is 3. The van der Waals surface area contributed by atoms with Gasteiger partial charge < -0.3 is 19.5 Å². The van der Waals surface area contributed by atoms with E-state index in [0.717, 1.165) is 12.1 Å². The molecule has 3 rings (SSSR count). The van der Waals surface area contributed by atoms with Gasteiger partial charge in [-0.1, -0.05) is 5.16 Å².